The maximum absolute atomic E-state index is 4.60. The van der Waals surface area contributed by atoms with Crippen molar-refractivity contribution in [1.82, 2.24) is 6.15 Å². The Hall–Kier alpha value is -0.0200. The molecule has 11 heavy (non-hydrogen) atoms. The van der Waals surface area contributed by atoms with Crippen LogP contribution in [0.1, 0.15) is 27.7 Å². The molecule has 0 atom stereocenters. The Morgan fingerprint density at radius 2 is 2.00 bits per heavy atom. The SMILES string of the molecule is CC(C)C1=NC(C)(C)CS1.N. The summed E-state index contributed by atoms with van der Waals surface area (Å²) < 4.78 is 0. The lowest BCUT2D eigenvalue weighted by molar-refractivity contribution is 0.601. The molecule has 0 spiro atoms. The second kappa shape index (κ2) is 3.59. The van der Waals surface area contributed by atoms with Crippen LogP contribution < -0.4 is 6.15 Å². The summed E-state index contributed by atoms with van der Waals surface area (Å²) >= 11 is 1.91. The fourth-order valence-electron chi connectivity index (χ4n) is 0.909. The van der Waals surface area contributed by atoms with Crippen LogP contribution in [0, 0.1) is 5.92 Å². The zero-order valence-corrected chi connectivity index (χ0v) is 8.66. The molecule has 0 radical (unpaired) electrons. The van der Waals surface area contributed by atoms with Crippen LogP contribution in [0.25, 0.3) is 0 Å². The van der Waals surface area contributed by atoms with E-state index >= 15 is 0 Å². The topological polar surface area (TPSA) is 47.4 Å². The molecule has 0 amide bonds. The van der Waals surface area contributed by atoms with Crippen LogP contribution in [0.4, 0.5) is 0 Å². The van der Waals surface area contributed by atoms with Gasteiger partial charge in [-0.15, -0.1) is 11.8 Å². The standard InChI is InChI=1S/C8H15NS.H3N/c1-6(2)7-9-8(3,4)5-10-7;/h6H,5H2,1-4H3;1H3. The van der Waals surface area contributed by atoms with Crippen LogP contribution in [0.3, 0.4) is 0 Å². The number of hydrogen-bond acceptors (Lipinski definition) is 3. The lowest BCUT2D eigenvalue weighted by atomic mass is 10.1. The first-order valence-corrected chi connectivity index (χ1v) is 4.72. The molecular weight excluding hydrogens is 156 g/mol. The van der Waals surface area contributed by atoms with Crippen LogP contribution >= 0.6 is 11.8 Å². The molecule has 1 aliphatic rings. The smallest absolute Gasteiger partial charge is 0.0709 e. The van der Waals surface area contributed by atoms with Gasteiger partial charge in [0.25, 0.3) is 0 Å². The van der Waals surface area contributed by atoms with Gasteiger partial charge in [0, 0.05) is 11.7 Å². The highest BCUT2D eigenvalue weighted by Crippen LogP contribution is 2.29. The average molecular weight is 174 g/mol. The minimum Gasteiger partial charge on any atom is -0.344 e. The van der Waals surface area contributed by atoms with Crippen LogP contribution in [0.15, 0.2) is 4.99 Å². The Morgan fingerprint density at radius 1 is 1.45 bits per heavy atom. The normalized spacial score (nSPS) is 21.4. The Morgan fingerprint density at radius 3 is 2.18 bits per heavy atom. The van der Waals surface area contributed by atoms with Crippen molar-refractivity contribution in [3.8, 4) is 0 Å². The van der Waals surface area contributed by atoms with Crippen molar-refractivity contribution in [3.63, 3.8) is 0 Å². The minimum absolute atomic E-state index is 0. The van der Waals surface area contributed by atoms with Crippen LogP contribution in [0.5, 0.6) is 0 Å². The van der Waals surface area contributed by atoms with Gasteiger partial charge in [-0.2, -0.15) is 0 Å². The predicted octanol–water partition coefficient (Wildman–Crippen LogP) is 2.73. The molecule has 0 bridgehead atoms. The largest absolute Gasteiger partial charge is 0.344 e. The molecule has 3 heteroatoms. The monoisotopic (exact) mass is 174 g/mol. The fraction of sp³-hybridized carbons (Fsp3) is 0.875. The third-order valence-electron chi connectivity index (χ3n) is 1.48. The van der Waals surface area contributed by atoms with Gasteiger partial charge in [-0.05, 0) is 13.8 Å². The summed E-state index contributed by atoms with van der Waals surface area (Å²) in [4.78, 5) is 4.60. The third kappa shape index (κ3) is 2.83. The Balaban J connectivity index is 0.000001000. The van der Waals surface area contributed by atoms with Crippen molar-refractivity contribution in [2.45, 2.75) is 33.2 Å². The molecule has 0 aliphatic carbocycles. The third-order valence-corrected chi connectivity index (χ3v) is 3.19. The minimum atomic E-state index is 0. The van der Waals surface area contributed by atoms with Gasteiger partial charge in [0.15, 0.2) is 0 Å². The maximum Gasteiger partial charge on any atom is 0.0709 e. The molecule has 66 valence electrons. The summed E-state index contributed by atoms with van der Waals surface area (Å²) in [6.07, 6.45) is 0. The molecule has 0 aromatic heterocycles. The molecule has 0 saturated heterocycles. The Bertz CT molecular complexity index is 161. The molecule has 0 aromatic carbocycles. The van der Waals surface area contributed by atoms with E-state index in [0.717, 1.165) is 5.75 Å². The van der Waals surface area contributed by atoms with E-state index in [4.69, 9.17) is 0 Å². The zero-order valence-electron chi connectivity index (χ0n) is 7.85. The summed E-state index contributed by atoms with van der Waals surface area (Å²) in [6.45, 7) is 8.78. The molecule has 0 saturated carbocycles. The van der Waals surface area contributed by atoms with E-state index in [9.17, 15) is 0 Å². The van der Waals surface area contributed by atoms with Gasteiger partial charge in [-0.3, -0.25) is 4.99 Å². The van der Waals surface area contributed by atoms with Gasteiger partial charge in [0.1, 0.15) is 0 Å². The van der Waals surface area contributed by atoms with Gasteiger partial charge in [0.05, 0.1) is 10.6 Å². The molecular formula is C8H18N2S. The Kier molecular flexibility index (Phi) is 3.58. The van der Waals surface area contributed by atoms with E-state index in [2.05, 4.69) is 32.7 Å². The first-order chi connectivity index (χ1) is 4.51. The van der Waals surface area contributed by atoms with Gasteiger partial charge < -0.3 is 6.15 Å². The van der Waals surface area contributed by atoms with Gasteiger partial charge >= 0.3 is 0 Å². The van der Waals surface area contributed by atoms with Crippen LogP contribution in [-0.4, -0.2) is 16.3 Å². The van der Waals surface area contributed by atoms with Crippen LogP contribution in [-0.2, 0) is 0 Å². The van der Waals surface area contributed by atoms with Crippen molar-refractivity contribution >= 4 is 16.8 Å². The van der Waals surface area contributed by atoms with Crippen LogP contribution in [0.2, 0.25) is 0 Å². The molecule has 1 rings (SSSR count). The predicted molar refractivity (Wildman–Crippen MR) is 53.8 cm³/mol. The van der Waals surface area contributed by atoms with E-state index in [-0.39, 0.29) is 11.7 Å². The lowest BCUT2D eigenvalue weighted by Gasteiger charge is -2.09. The summed E-state index contributed by atoms with van der Waals surface area (Å²) in [5.41, 5.74) is 0.199. The Labute approximate surface area is 73.4 Å². The molecule has 3 N–H and O–H groups in total. The number of hydrogen-bond donors (Lipinski definition) is 1. The highest BCUT2D eigenvalue weighted by atomic mass is 32.2. The first-order valence-electron chi connectivity index (χ1n) is 3.74. The molecule has 1 heterocycles. The number of thioether (sulfide) groups is 1. The lowest BCUT2D eigenvalue weighted by Crippen LogP contribution is -2.15. The second-order valence-electron chi connectivity index (χ2n) is 3.71. The van der Waals surface area contributed by atoms with E-state index in [1.54, 1.807) is 0 Å². The molecule has 0 aromatic rings. The molecule has 0 fully saturated rings. The molecule has 1 aliphatic heterocycles. The number of rotatable bonds is 1. The second-order valence-corrected chi connectivity index (χ2v) is 4.70. The number of aliphatic imine (C=N–C) groups is 1. The summed E-state index contributed by atoms with van der Waals surface area (Å²) in [7, 11) is 0. The molecule has 0 unspecified atom stereocenters. The fourth-order valence-corrected chi connectivity index (χ4v) is 2.12. The van der Waals surface area contributed by atoms with Gasteiger partial charge in [-0.1, -0.05) is 13.8 Å². The van der Waals surface area contributed by atoms with E-state index < -0.39 is 0 Å². The van der Waals surface area contributed by atoms with Crippen molar-refractivity contribution in [3.05, 3.63) is 0 Å². The quantitative estimate of drug-likeness (QED) is 0.664. The highest BCUT2D eigenvalue weighted by molar-refractivity contribution is 8.14. The van der Waals surface area contributed by atoms with E-state index in [1.165, 1.54) is 5.04 Å². The van der Waals surface area contributed by atoms with Crippen molar-refractivity contribution < 1.29 is 0 Å². The van der Waals surface area contributed by atoms with Gasteiger partial charge in [0.2, 0.25) is 0 Å². The summed E-state index contributed by atoms with van der Waals surface area (Å²) in [6, 6.07) is 0. The van der Waals surface area contributed by atoms with Crippen molar-refractivity contribution in [2.24, 2.45) is 10.9 Å². The van der Waals surface area contributed by atoms with E-state index in [1.807, 2.05) is 11.8 Å². The number of nitrogens with zero attached hydrogens (tertiary/aromatic N) is 1. The van der Waals surface area contributed by atoms with Crippen molar-refractivity contribution in [1.29, 1.82) is 0 Å². The van der Waals surface area contributed by atoms with Crippen molar-refractivity contribution in [2.75, 3.05) is 5.75 Å². The van der Waals surface area contributed by atoms with Gasteiger partial charge in [-0.25, -0.2) is 0 Å². The zero-order chi connectivity index (χ0) is 7.78. The summed E-state index contributed by atoms with van der Waals surface area (Å²) in [5.74, 6) is 1.77. The molecule has 2 nitrogen and oxygen atoms in total. The highest BCUT2D eigenvalue weighted by Gasteiger charge is 2.26. The average Bonchev–Trinajstić information content (AvgIpc) is 2.10. The van der Waals surface area contributed by atoms with E-state index in [0.29, 0.717) is 5.92 Å². The summed E-state index contributed by atoms with van der Waals surface area (Å²) in [5, 5.41) is 1.32. The maximum atomic E-state index is 4.60. The first kappa shape index (κ1) is 11.0.